The highest BCUT2D eigenvalue weighted by atomic mass is 31.2. The van der Waals surface area contributed by atoms with E-state index in [0.717, 1.165) is 16.7 Å². The minimum absolute atomic E-state index is 0.00205. The molecule has 1 unspecified atom stereocenters. The topological polar surface area (TPSA) is 225 Å². The number of hydrogen-bond donors (Lipinski definition) is 2. The van der Waals surface area contributed by atoms with Crippen molar-refractivity contribution in [3.05, 3.63) is 112 Å². The Labute approximate surface area is 378 Å². The van der Waals surface area contributed by atoms with Crippen molar-refractivity contribution in [3.8, 4) is 17.6 Å². The molecule has 19 heteroatoms. The van der Waals surface area contributed by atoms with Gasteiger partial charge in [0.2, 0.25) is 5.95 Å². The molecule has 3 heterocycles. The number of nitriles is 1. The predicted molar refractivity (Wildman–Crippen MR) is 241 cm³/mol. The fourth-order valence-corrected chi connectivity index (χ4v) is 9.48. The zero-order valence-electron chi connectivity index (χ0n) is 37.5. The van der Waals surface area contributed by atoms with Crippen molar-refractivity contribution in [2.75, 3.05) is 40.0 Å². The summed E-state index contributed by atoms with van der Waals surface area (Å²) in [5.74, 6) is 0.317. The maximum atomic E-state index is 13.1. The van der Waals surface area contributed by atoms with E-state index >= 15 is 0 Å². The molecule has 0 spiro atoms. The summed E-state index contributed by atoms with van der Waals surface area (Å²) in [6, 6.07) is 26.9. The summed E-state index contributed by atoms with van der Waals surface area (Å²) in [6.45, 7) is 8.79. The molecule has 6 rings (SSSR count). The van der Waals surface area contributed by atoms with E-state index in [4.69, 9.17) is 43.2 Å². The molecule has 1 saturated heterocycles. The van der Waals surface area contributed by atoms with Gasteiger partial charge in [-0.1, -0.05) is 54.6 Å². The molecule has 0 saturated carbocycles. The van der Waals surface area contributed by atoms with E-state index in [-0.39, 0.29) is 67.5 Å². The molecule has 1 fully saturated rings. The maximum Gasteiger partial charge on any atom is 0.308 e. The number of benzene rings is 3. The lowest BCUT2D eigenvalue weighted by Crippen LogP contribution is -2.43. The van der Waals surface area contributed by atoms with Crippen LogP contribution in [0.3, 0.4) is 0 Å². The standard InChI is InChI=1S/C46H56N7O11P/c1-29(2)53(30(3)4)65(62-25-11-24-47)64-40-37(63-44(41(40)60-28-59-38(55)23-14-31(5)54)52-27-49-39-42(52)50-45(48)51-43(39)56)26-61-46(32-12-9-8-10-13-32,33-15-19-35(57-6)20-16-33)34-17-21-36(58-7)22-18-34/h8-10,12-13,15-22,27,29-30,37,40-41,44H,11,14,23,25-26,28H2,1-7H3,(H3,48,50,51,56)/t37-,40-,41-,44-,65?/m1/s1. The molecule has 5 aromatic rings. The first kappa shape index (κ1) is 48.7. The number of nitrogen functional groups attached to an aromatic ring is 1. The second-order valence-corrected chi connectivity index (χ2v) is 17.1. The van der Waals surface area contributed by atoms with E-state index in [2.05, 4.69) is 25.7 Å². The largest absolute Gasteiger partial charge is 0.497 e. The minimum Gasteiger partial charge on any atom is -0.497 e. The number of ether oxygens (including phenoxy) is 6. The molecule has 3 N–H and O–H groups in total. The summed E-state index contributed by atoms with van der Waals surface area (Å²) < 4.78 is 54.5. The molecule has 0 bridgehead atoms. The monoisotopic (exact) mass is 913 g/mol. The molecule has 0 amide bonds. The second kappa shape index (κ2) is 22.4. The Morgan fingerprint density at radius 2 is 1.55 bits per heavy atom. The third kappa shape index (κ3) is 11.4. The summed E-state index contributed by atoms with van der Waals surface area (Å²) in [5.41, 5.74) is 6.60. The van der Waals surface area contributed by atoms with Gasteiger partial charge in [0.25, 0.3) is 14.1 Å². The van der Waals surface area contributed by atoms with Crippen LogP contribution in [0.1, 0.15) is 76.8 Å². The van der Waals surface area contributed by atoms with Gasteiger partial charge in [-0.15, -0.1) is 0 Å². The number of aromatic nitrogens is 4. The lowest BCUT2D eigenvalue weighted by atomic mass is 9.80. The van der Waals surface area contributed by atoms with Crippen molar-refractivity contribution in [1.29, 1.82) is 5.26 Å². The smallest absolute Gasteiger partial charge is 0.308 e. The molecule has 2 aromatic heterocycles. The third-order valence-electron chi connectivity index (χ3n) is 10.7. The van der Waals surface area contributed by atoms with Crippen LogP contribution in [0.2, 0.25) is 0 Å². The number of anilines is 1. The second-order valence-electron chi connectivity index (χ2n) is 15.7. The number of esters is 1. The van der Waals surface area contributed by atoms with Crippen LogP contribution in [0, 0.1) is 11.3 Å². The number of methoxy groups -OCH3 is 2. The molecular weight excluding hydrogens is 858 g/mol. The number of nitrogens with one attached hydrogen (secondary N) is 1. The molecule has 1 aliphatic heterocycles. The van der Waals surface area contributed by atoms with Gasteiger partial charge >= 0.3 is 5.97 Å². The molecule has 3 aromatic carbocycles. The van der Waals surface area contributed by atoms with Gasteiger partial charge in [0.15, 0.2) is 24.2 Å². The maximum absolute atomic E-state index is 13.1. The summed E-state index contributed by atoms with van der Waals surface area (Å²) in [4.78, 5) is 48.8. The fraction of sp³-hybridized carbons (Fsp3) is 0.435. The molecule has 65 heavy (non-hydrogen) atoms. The van der Waals surface area contributed by atoms with Crippen molar-refractivity contribution >= 4 is 37.4 Å². The lowest BCUT2D eigenvalue weighted by molar-refractivity contribution is -0.170. The summed E-state index contributed by atoms with van der Waals surface area (Å²) in [5, 5.41) is 9.51. The number of fused-ring (bicyclic) bond motifs is 1. The highest BCUT2D eigenvalue weighted by Gasteiger charge is 2.52. The lowest BCUT2D eigenvalue weighted by Gasteiger charge is -2.39. The first-order valence-electron chi connectivity index (χ1n) is 21.2. The highest BCUT2D eigenvalue weighted by molar-refractivity contribution is 7.44. The minimum atomic E-state index is -1.94. The third-order valence-corrected chi connectivity index (χ3v) is 12.8. The van der Waals surface area contributed by atoms with Gasteiger partial charge in [-0.25, -0.2) is 9.65 Å². The zero-order valence-corrected chi connectivity index (χ0v) is 38.4. The molecular formula is C46H56N7O11P. The first-order chi connectivity index (χ1) is 31.3. The number of nitrogens with zero attached hydrogens (tertiary/aromatic N) is 5. The molecule has 1 aliphatic rings. The Bertz CT molecular complexity index is 2390. The van der Waals surface area contributed by atoms with Crippen molar-refractivity contribution < 1.29 is 47.1 Å². The Hall–Kier alpha value is -5.77. The van der Waals surface area contributed by atoms with Gasteiger partial charge < -0.3 is 48.0 Å². The van der Waals surface area contributed by atoms with E-state index < -0.39 is 57.0 Å². The number of carbonyl (C=O) groups is 2. The van der Waals surface area contributed by atoms with E-state index in [1.807, 2.05) is 107 Å². The van der Waals surface area contributed by atoms with Crippen LogP contribution in [0.4, 0.5) is 5.95 Å². The zero-order chi connectivity index (χ0) is 46.7. The van der Waals surface area contributed by atoms with Crippen LogP contribution >= 0.6 is 8.53 Å². The SMILES string of the molecule is COc1ccc(C(OC[C@H]2O[C@@H](n3cnc4c(=O)[nH]c(N)nc43)[C@H](OCOC(=O)CCC(C)=O)[C@@H]2OP(OCCC#N)N(C(C)C)C(C)C)(c2ccccc2)c2ccc(OC)cc2)cc1. The summed E-state index contributed by atoms with van der Waals surface area (Å²) >= 11 is 0. The number of nitrogens with two attached hydrogens (primary N) is 1. The number of ketones is 1. The van der Waals surface area contributed by atoms with Crippen LogP contribution in [-0.2, 0) is 43.2 Å². The Kier molecular flexibility index (Phi) is 16.8. The summed E-state index contributed by atoms with van der Waals surface area (Å²) in [7, 11) is 1.25. The average Bonchev–Trinajstić information content (AvgIpc) is 3.87. The molecule has 18 nitrogen and oxygen atoms in total. The van der Waals surface area contributed by atoms with Gasteiger partial charge in [-0.05, 0) is 75.6 Å². The predicted octanol–water partition coefficient (Wildman–Crippen LogP) is 6.54. The van der Waals surface area contributed by atoms with Gasteiger partial charge in [-0.2, -0.15) is 10.2 Å². The molecule has 5 atom stereocenters. The van der Waals surface area contributed by atoms with E-state index in [0.29, 0.717) is 11.5 Å². The van der Waals surface area contributed by atoms with Crippen LogP contribution < -0.4 is 20.8 Å². The van der Waals surface area contributed by atoms with Crippen molar-refractivity contribution in [2.24, 2.45) is 0 Å². The van der Waals surface area contributed by atoms with E-state index in [1.54, 1.807) is 14.2 Å². The van der Waals surface area contributed by atoms with Crippen molar-refractivity contribution in [3.63, 3.8) is 0 Å². The Morgan fingerprint density at radius 1 is 0.938 bits per heavy atom. The first-order valence-corrected chi connectivity index (χ1v) is 22.3. The number of aromatic amines is 1. The van der Waals surface area contributed by atoms with Gasteiger partial charge in [0, 0.05) is 18.5 Å². The Balaban J connectivity index is 1.51. The van der Waals surface area contributed by atoms with Gasteiger partial charge in [-0.3, -0.25) is 19.1 Å². The Morgan fingerprint density at radius 3 is 2.12 bits per heavy atom. The van der Waals surface area contributed by atoms with E-state index in [1.165, 1.54) is 17.8 Å². The van der Waals surface area contributed by atoms with Crippen LogP contribution in [-0.4, -0.2) is 101 Å². The molecule has 0 radical (unpaired) electrons. The quantitative estimate of drug-likeness (QED) is 0.0233. The number of H-pyrrole nitrogens is 1. The number of rotatable bonds is 23. The van der Waals surface area contributed by atoms with Gasteiger partial charge in [0.1, 0.15) is 41.2 Å². The van der Waals surface area contributed by atoms with Crippen LogP contribution in [0.15, 0.2) is 90.0 Å². The average molecular weight is 914 g/mol. The van der Waals surface area contributed by atoms with Crippen molar-refractivity contribution in [2.45, 2.75) is 96.1 Å². The fourth-order valence-electron chi connectivity index (χ4n) is 7.71. The molecule has 346 valence electrons. The highest BCUT2D eigenvalue weighted by Crippen LogP contribution is 2.51. The number of carbonyl (C=O) groups excluding carboxylic acids is 2. The number of imidazole rings is 1. The van der Waals surface area contributed by atoms with Crippen LogP contribution in [0.5, 0.6) is 11.5 Å². The summed E-state index contributed by atoms with van der Waals surface area (Å²) in [6.07, 6.45) is -2.96. The molecule has 0 aliphatic carbocycles. The number of Topliss-reactive ketones (excluding diaryl/α,β-unsaturated/α-hetero) is 1. The van der Waals surface area contributed by atoms with Crippen molar-refractivity contribution in [1.82, 2.24) is 24.2 Å². The number of hydrogen-bond acceptors (Lipinski definition) is 16. The normalized spacial score (nSPS) is 18.0. The van der Waals surface area contributed by atoms with E-state index in [9.17, 15) is 19.6 Å². The van der Waals surface area contributed by atoms with Crippen LogP contribution in [0.25, 0.3) is 11.2 Å². The van der Waals surface area contributed by atoms with Gasteiger partial charge in [0.05, 0.1) is 52.7 Å².